The zero-order chi connectivity index (χ0) is 11.3. The molecular weight excluding hydrogens is 187 g/mol. The van der Waals surface area contributed by atoms with Crippen LogP contribution in [-0.4, -0.2) is 20.1 Å². The summed E-state index contributed by atoms with van der Waals surface area (Å²) in [5.74, 6) is 1.22. The van der Waals surface area contributed by atoms with Gasteiger partial charge in [0.05, 0.1) is 0 Å². The Morgan fingerprint density at radius 3 is 2.67 bits per heavy atom. The van der Waals surface area contributed by atoms with Crippen molar-refractivity contribution in [3.63, 3.8) is 0 Å². The molecule has 1 aliphatic rings. The first kappa shape index (κ1) is 12.1. The molecule has 0 heterocycles. The first-order chi connectivity index (χ1) is 7.15. The van der Waals surface area contributed by atoms with Crippen molar-refractivity contribution in [2.75, 3.05) is 6.73 Å². The van der Waals surface area contributed by atoms with Gasteiger partial charge in [-0.1, -0.05) is 17.9 Å². The molecule has 0 aromatic heterocycles. The van der Waals surface area contributed by atoms with Gasteiger partial charge in [-0.05, 0) is 25.0 Å². The van der Waals surface area contributed by atoms with E-state index in [9.17, 15) is 0 Å². The highest BCUT2D eigenvalue weighted by Crippen LogP contribution is 2.32. The first-order valence-electron chi connectivity index (χ1n) is 5.12. The van der Waals surface area contributed by atoms with Crippen LogP contribution < -0.4 is 11.5 Å². The third kappa shape index (κ3) is 3.94. The third-order valence-electron chi connectivity index (χ3n) is 2.44. The highest BCUT2D eigenvalue weighted by atomic mass is 16.5. The Morgan fingerprint density at radius 1 is 1.53 bits per heavy atom. The highest BCUT2D eigenvalue weighted by molar-refractivity contribution is 6.48. The van der Waals surface area contributed by atoms with E-state index in [0.29, 0.717) is 17.6 Å². The number of ether oxygens (including phenoxy) is 1. The monoisotopic (exact) mass is 205 g/mol. The molecule has 15 heavy (non-hydrogen) atoms. The Hall–Kier alpha value is -0.995. The Labute approximate surface area is 92.1 Å². The maximum Gasteiger partial charge on any atom is 0.154 e. The van der Waals surface area contributed by atoms with Gasteiger partial charge >= 0.3 is 0 Å². The van der Waals surface area contributed by atoms with Gasteiger partial charge in [0.2, 0.25) is 0 Å². The van der Waals surface area contributed by atoms with Gasteiger partial charge in [0.1, 0.15) is 12.5 Å². The van der Waals surface area contributed by atoms with Crippen LogP contribution in [0, 0.1) is 0 Å². The number of allylic oxidation sites excluding steroid dienone is 3. The van der Waals surface area contributed by atoms with Gasteiger partial charge in [-0.3, -0.25) is 5.73 Å². The van der Waals surface area contributed by atoms with E-state index in [1.165, 1.54) is 0 Å². The Kier molecular flexibility index (Phi) is 4.65. The molecule has 0 spiro atoms. The molecule has 0 saturated heterocycles. The van der Waals surface area contributed by atoms with Crippen LogP contribution in [0.4, 0.5) is 0 Å². The van der Waals surface area contributed by atoms with E-state index in [0.717, 1.165) is 18.3 Å². The molecule has 3 nitrogen and oxygen atoms in total. The van der Waals surface area contributed by atoms with Gasteiger partial charge in [-0.2, -0.15) is 0 Å². The lowest BCUT2D eigenvalue weighted by Crippen LogP contribution is -2.35. The second-order valence-corrected chi connectivity index (χ2v) is 3.79. The minimum Gasteiger partial charge on any atom is -0.479 e. The van der Waals surface area contributed by atoms with Crippen LogP contribution in [0.2, 0.25) is 5.82 Å². The van der Waals surface area contributed by atoms with E-state index >= 15 is 0 Å². The maximum absolute atomic E-state index is 5.70. The molecule has 0 aliphatic heterocycles. The molecule has 0 atom stereocenters. The van der Waals surface area contributed by atoms with E-state index < -0.39 is 0 Å². The zero-order valence-electron chi connectivity index (χ0n) is 8.99. The predicted octanol–water partition coefficient (Wildman–Crippen LogP) is 1.12. The molecule has 1 rings (SSSR count). The average molecular weight is 205 g/mol. The minimum absolute atomic E-state index is 0.152. The molecule has 1 aliphatic carbocycles. The van der Waals surface area contributed by atoms with Gasteiger partial charge in [-0.25, -0.2) is 0 Å². The third-order valence-corrected chi connectivity index (χ3v) is 2.44. The molecule has 0 amide bonds. The summed E-state index contributed by atoms with van der Waals surface area (Å²) in [6.45, 7) is 7.72. The molecule has 1 radical (unpaired) electrons. The van der Waals surface area contributed by atoms with E-state index in [1.807, 2.05) is 6.08 Å². The van der Waals surface area contributed by atoms with Gasteiger partial charge in [0, 0.05) is 6.04 Å². The van der Waals surface area contributed by atoms with E-state index in [4.69, 9.17) is 16.2 Å². The van der Waals surface area contributed by atoms with Crippen molar-refractivity contribution < 1.29 is 4.74 Å². The number of hydrogen-bond acceptors (Lipinski definition) is 3. The Bertz CT molecular complexity index is 270. The van der Waals surface area contributed by atoms with Crippen LogP contribution in [0.25, 0.3) is 0 Å². The summed E-state index contributed by atoms with van der Waals surface area (Å²) in [7, 11) is 2.12. The van der Waals surface area contributed by atoms with Crippen LogP contribution in [-0.2, 0) is 4.74 Å². The lowest BCUT2D eigenvalue weighted by atomic mass is 9.50. The smallest absolute Gasteiger partial charge is 0.154 e. The summed E-state index contributed by atoms with van der Waals surface area (Å²) in [6.07, 6.45) is 5.56. The predicted molar refractivity (Wildman–Crippen MR) is 64.3 cm³/mol. The second kappa shape index (κ2) is 5.78. The van der Waals surface area contributed by atoms with Crippen molar-refractivity contribution in [2.45, 2.75) is 24.7 Å². The fraction of sp³-hybridized carbons (Fsp3) is 0.455. The van der Waals surface area contributed by atoms with Crippen molar-refractivity contribution in [2.24, 2.45) is 11.5 Å². The lowest BCUT2D eigenvalue weighted by Gasteiger charge is -2.32. The molecule has 4 heteroatoms. The van der Waals surface area contributed by atoms with Crippen molar-refractivity contribution in [1.29, 1.82) is 0 Å². The first-order valence-corrected chi connectivity index (χ1v) is 5.12. The molecule has 1 saturated carbocycles. The second-order valence-electron chi connectivity index (χ2n) is 3.79. The Morgan fingerprint density at radius 2 is 2.20 bits per heavy atom. The largest absolute Gasteiger partial charge is 0.479 e. The summed E-state index contributed by atoms with van der Waals surface area (Å²) in [4.78, 5) is 0. The number of rotatable bonds is 6. The quantitative estimate of drug-likeness (QED) is 0.295. The summed E-state index contributed by atoms with van der Waals surface area (Å²) in [5, 5.41) is 0. The van der Waals surface area contributed by atoms with Gasteiger partial charge in [-0.15, -0.1) is 6.58 Å². The van der Waals surface area contributed by atoms with Crippen LogP contribution in [0.15, 0.2) is 36.5 Å². The molecule has 0 aromatic carbocycles. The number of nitrogens with two attached hydrogens (primary N) is 2. The summed E-state index contributed by atoms with van der Waals surface area (Å²) >= 11 is 0. The van der Waals surface area contributed by atoms with Crippen LogP contribution >= 0.6 is 0 Å². The van der Waals surface area contributed by atoms with Crippen molar-refractivity contribution in [3.05, 3.63) is 36.5 Å². The van der Waals surface area contributed by atoms with Gasteiger partial charge < -0.3 is 10.5 Å². The standard InChI is InChI=1S/C11H18BN2O/c1-3-11(15-7-13)4-8(2)12-9-5-10(14)6-9/h3-4,9-10H,1-2,5-7,13-14H2/b11-4+. The van der Waals surface area contributed by atoms with Crippen molar-refractivity contribution in [1.82, 2.24) is 0 Å². The van der Waals surface area contributed by atoms with Crippen LogP contribution in [0.3, 0.4) is 0 Å². The normalized spacial score (nSPS) is 25.3. The molecule has 0 unspecified atom stereocenters. The average Bonchev–Trinajstić information content (AvgIpc) is 2.14. The van der Waals surface area contributed by atoms with Gasteiger partial charge in [0.15, 0.2) is 7.28 Å². The highest BCUT2D eigenvalue weighted by Gasteiger charge is 2.26. The van der Waals surface area contributed by atoms with Gasteiger partial charge in [0.25, 0.3) is 0 Å². The molecule has 0 bridgehead atoms. The minimum atomic E-state index is 0.152. The molecule has 0 aromatic rings. The van der Waals surface area contributed by atoms with E-state index in [2.05, 4.69) is 20.4 Å². The molecule has 1 fully saturated rings. The number of hydrogen-bond donors (Lipinski definition) is 2. The fourth-order valence-corrected chi connectivity index (χ4v) is 1.63. The van der Waals surface area contributed by atoms with E-state index in [1.54, 1.807) is 6.08 Å². The van der Waals surface area contributed by atoms with Crippen LogP contribution in [0.5, 0.6) is 0 Å². The summed E-state index contributed by atoms with van der Waals surface area (Å²) in [6, 6.07) is 0.363. The summed E-state index contributed by atoms with van der Waals surface area (Å²) < 4.78 is 5.13. The lowest BCUT2D eigenvalue weighted by molar-refractivity contribution is 0.234. The maximum atomic E-state index is 5.70. The topological polar surface area (TPSA) is 61.3 Å². The molecule has 81 valence electrons. The molecular formula is C11H18BN2O. The fourth-order valence-electron chi connectivity index (χ4n) is 1.63. The SMILES string of the molecule is C=C/C(=C\C(=C)[B]C1CC(N)C1)OCN. The van der Waals surface area contributed by atoms with E-state index in [-0.39, 0.29) is 6.73 Å². The zero-order valence-corrected chi connectivity index (χ0v) is 8.99. The van der Waals surface area contributed by atoms with Crippen molar-refractivity contribution >= 4 is 7.28 Å². The molecule has 4 N–H and O–H groups in total. The van der Waals surface area contributed by atoms with Crippen LogP contribution in [0.1, 0.15) is 12.8 Å². The summed E-state index contributed by atoms with van der Waals surface area (Å²) in [5.41, 5.74) is 11.9. The van der Waals surface area contributed by atoms with Crippen molar-refractivity contribution in [3.8, 4) is 0 Å². The Balaban J connectivity index is 2.36.